The van der Waals surface area contributed by atoms with Crippen LogP contribution in [0.1, 0.15) is 44.9 Å². The first-order valence-corrected chi connectivity index (χ1v) is 9.17. The summed E-state index contributed by atoms with van der Waals surface area (Å²) in [5.74, 6) is 0. The highest BCUT2D eigenvalue weighted by molar-refractivity contribution is 4.98. The first-order chi connectivity index (χ1) is 10.3. The first kappa shape index (κ1) is 14.4. The van der Waals surface area contributed by atoms with E-state index >= 15 is 0 Å². The molecule has 1 N–H and O–H groups in total. The van der Waals surface area contributed by atoms with Gasteiger partial charge in [-0.1, -0.05) is 19.3 Å². The Morgan fingerprint density at radius 1 is 0.905 bits per heavy atom. The van der Waals surface area contributed by atoms with Crippen LogP contribution in [-0.4, -0.2) is 73.4 Å². The molecule has 3 saturated heterocycles. The topological polar surface area (TPSA) is 27.7 Å². The van der Waals surface area contributed by atoms with Crippen molar-refractivity contribution in [3.05, 3.63) is 0 Å². The van der Waals surface area contributed by atoms with Crippen molar-refractivity contribution in [2.24, 2.45) is 0 Å². The third kappa shape index (κ3) is 3.00. The molecule has 3 aliphatic heterocycles. The van der Waals surface area contributed by atoms with E-state index in [0.717, 1.165) is 18.7 Å². The Hall–Kier alpha value is -0.160. The maximum atomic E-state index is 6.25. The summed E-state index contributed by atoms with van der Waals surface area (Å²) in [5.41, 5.74) is 0.265. The number of nitrogens with zero attached hydrogens (tertiary/aromatic N) is 2. The second-order valence-electron chi connectivity index (χ2n) is 7.63. The molecule has 0 aromatic carbocycles. The molecule has 4 rings (SSSR count). The Balaban J connectivity index is 1.29. The van der Waals surface area contributed by atoms with Crippen molar-refractivity contribution in [2.45, 2.75) is 62.6 Å². The maximum absolute atomic E-state index is 6.25. The highest BCUT2D eigenvalue weighted by Crippen LogP contribution is 2.40. The van der Waals surface area contributed by atoms with E-state index in [1.54, 1.807) is 0 Å². The zero-order valence-electron chi connectivity index (χ0n) is 13.4. The van der Waals surface area contributed by atoms with Crippen LogP contribution in [0.4, 0.5) is 0 Å². The number of hydrogen-bond donors (Lipinski definition) is 1. The van der Waals surface area contributed by atoms with Crippen LogP contribution in [0.25, 0.3) is 0 Å². The van der Waals surface area contributed by atoms with E-state index in [4.69, 9.17) is 4.74 Å². The number of hydrogen-bond acceptors (Lipinski definition) is 4. The van der Waals surface area contributed by atoms with Crippen molar-refractivity contribution >= 4 is 0 Å². The van der Waals surface area contributed by atoms with Crippen molar-refractivity contribution in [2.75, 3.05) is 45.9 Å². The SMILES string of the molecule is C1CCC2(CC1)CC(N1CC(N3CCNCC3)C1)CCO2. The van der Waals surface area contributed by atoms with E-state index in [2.05, 4.69) is 15.1 Å². The molecule has 21 heavy (non-hydrogen) atoms. The second-order valence-corrected chi connectivity index (χ2v) is 7.63. The van der Waals surface area contributed by atoms with Gasteiger partial charge in [-0.2, -0.15) is 0 Å². The highest BCUT2D eigenvalue weighted by atomic mass is 16.5. The van der Waals surface area contributed by atoms with E-state index in [1.807, 2.05) is 0 Å². The molecule has 120 valence electrons. The van der Waals surface area contributed by atoms with Crippen molar-refractivity contribution in [3.8, 4) is 0 Å². The van der Waals surface area contributed by atoms with E-state index in [-0.39, 0.29) is 5.60 Å². The lowest BCUT2D eigenvalue weighted by Gasteiger charge is -2.53. The number of likely N-dealkylation sites (tertiary alicyclic amines) is 1. The summed E-state index contributed by atoms with van der Waals surface area (Å²) in [6.45, 7) is 8.46. The average Bonchev–Trinajstić information content (AvgIpc) is 2.48. The Morgan fingerprint density at radius 2 is 1.67 bits per heavy atom. The smallest absolute Gasteiger partial charge is 0.0697 e. The van der Waals surface area contributed by atoms with Crippen molar-refractivity contribution < 1.29 is 4.74 Å². The Morgan fingerprint density at radius 3 is 2.43 bits per heavy atom. The van der Waals surface area contributed by atoms with Crippen molar-refractivity contribution in [3.63, 3.8) is 0 Å². The molecular weight excluding hydrogens is 262 g/mol. The Bertz CT molecular complexity index is 338. The summed E-state index contributed by atoms with van der Waals surface area (Å²) in [6, 6.07) is 1.63. The van der Waals surface area contributed by atoms with Gasteiger partial charge in [0.2, 0.25) is 0 Å². The molecule has 4 fully saturated rings. The fourth-order valence-corrected chi connectivity index (χ4v) is 4.92. The molecular formula is C17H31N3O. The van der Waals surface area contributed by atoms with E-state index in [1.165, 1.54) is 84.2 Å². The van der Waals surface area contributed by atoms with Gasteiger partial charge in [0.15, 0.2) is 0 Å². The van der Waals surface area contributed by atoms with Crippen LogP contribution in [0.2, 0.25) is 0 Å². The molecule has 1 saturated carbocycles. The van der Waals surface area contributed by atoms with Gasteiger partial charge in [-0.05, 0) is 25.7 Å². The minimum absolute atomic E-state index is 0.265. The summed E-state index contributed by atoms with van der Waals surface area (Å²) in [4.78, 5) is 5.45. The van der Waals surface area contributed by atoms with Crippen LogP contribution in [0.3, 0.4) is 0 Å². The molecule has 0 bridgehead atoms. The first-order valence-electron chi connectivity index (χ1n) is 9.17. The quantitative estimate of drug-likeness (QED) is 0.834. The average molecular weight is 293 g/mol. The predicted molar refractivity (Wildman–Crippen MR) is 84.6 cm³/mol. The monoisotopic (exact) mass is 293 g/mol. The largest absolute Gasteiger partial charge is 0.375 e. The third-order valence-corrected chi connectivity index (χ3v) is 6.31. The number of rotatable bonds is 2. The van der Waals surface area contributed by atoms with Gasteiger partial charge in [-0.3, -0.25) is 9.80 Å². The Kier molecular flexibility index (Phi) is 4.23. The number of nitrogens with one attached hydrogen (secondary N) is 1. The molecule has 3 heterocycles. The molecule has 1 atom stereocenters. The molecule has 0 amide bonds. The molecule has 0 aromatic rings. The van der Waals surface area contributed by atoms with Gasteiger partial charge < -0.3 is 10.1 Å². The molecule has 0 radical (unpaired) electrons. The third-order valence-electron chi connectivity index (χ3n) is 6.31. The van der Waals surface area contributed by atoms with Gasteiger partial charge in [0, 0.05) is 58.0 Å². The molecule has 4 nitrogen and oxygen atoms in total. The lowest BCUT2D eigenvalue weighted by Crippen LogP contribution is -2.66. The van der Waals surface area contributed by atoms with E-state index in [9.17, 15) is 0 Å². The van der Waals surface area contributed by atoms with Crippen LogP contribution in [-0.2, 0) is 4.74 Å². The zero-order valence-corrected chi connectivity index (χ0v) is 13.4. The fraction of sp³-hybridized carbons (Fsp3) is 1.00. The Labute approximate surface area is 129 Å². The molecule has 1 spiro atoms. The molecule has 1 unspecified atom stereocenters. The van der Waals surface area contributed by atoms with Crippen molar-refractivity contribution in [1.29, 1.82) is 0 Å². The van der Waals surface area contributed by atoms with Crippen LogP contribution < -0.4 is 5.32 Å². The van der Waals surface area contributed by atoms with Crippen LogP contribution in [0.5, 0.6) is 0 Å². The number of piperazine rings is 1. The van der Waals surface area contributed by atoms with Crippen LogP contribution in [0, 0.1) is 0 Å². The molecule has 1 aliphatic carbocycles. The van der Waals surface area contributed by atoms with Crippen LogP contribution >= 0.6 is 0 Å². The second kappa shape index (κ2) is 6.15. The standard InChI is InChI=1S/C17H31N3O/c1-2-5-17(6-3-1)12-15(4-11-21-17)20-13-16(14-20)19-9-7-18-8-10-19/h15-16,18H,1-14H2. The van der Waals surface area contributed by atoms with E-state index in [0.29, 0.717) is 0 Å². The minimum atomic E-state index is 0.265. The van der Waals surface area contributed by atoms with E-state index < -0.39 is 0 Å². The summed E-state index contributed by atoms with van der Waals surface area (Å²) < 4.78 is 6.25. The molecule has 4 heteroatoms. The fourth-order valence-electron chi connectivity index (χ4n) is 4.92. The van der Waals surface area contributed by atoms with Gasteiger partial charge in [0.1, 0.15) is 0 Å². The van der Waals surface area contributed by atoms with Crippen molar-refractivity contribution in [1.82, 2.24) is 15.1 Å². The number of ether oxygens (including phenoxy) is 1. The zero-order chi connectivity index (χ0) is 14.1. The summed E-state index contributed by atoms with van der Waals surface area (Å²) >= 11 is 0. The summed E-state index contributed by atoms with van der Waals surface area (Å²) in [7, 11) is 0. The van der Waals surface area contributed by atoms with Gasteiger partial charge in [-0.15, -0.1) is 0 Å². The summed E-state index contributed by atoms with van der Waals surface area (Å²) in [6.07, 6.45) is 9.39. The highest BCUT2D eigenvalue weighted by Gasteiger charge is 2.43. The molecule has 0 aromatic heterocycles. The normalized spacial score (nSPS) is 35.7. The van der Waals surface area contributed by atoms with Gasteiger partial charge in [0.05, 0.1) is 5.60 Å². The lowest BCUT2D eigenvalue weighted by molar-refractivity contribution is -0.138. The van der Waals surface area contributed by atoms with Crippen LogP contribution in [0.15, 0.2) is 0 Å². The molecule has 4 aliphatic rings. The van der Waals surface area contributed by atoms with Gasteiger partial charge >= 0.3 is 0 Å². The predicted octanol–water partition coefficient (Wildman–Crippen LogP) is 1.46. The summed E-state index contributed by atoms with van der Waals surface area (Å²) in [5, 5.41) is 3.46. The maximum Gasteiger partial charge on any atom is 0.0697 e. The van der Waals surface area contributed by atoms with Gasteiger partial charge in [0.25, 0.3) is 0 Å². The lowest BCUT2D eigenvalue weighted by atomic mass is 9.77. The minimum Gasteiger partial charge on any atom is -0.375 e. The van der Waals surface area contributed by atoms with Gasteiger partial charge in [-0.25, -0.2) is 0 Å².